The van der Waals surface area contributed by atoms with E-state index in [0.29, 0.717) is 28.1 Å². The minimum atomic E-state index is 0.136. The lowest BCUT2D eigenvalue weighted by Crippen LogP contribution is -2.12. The van der Waals surface area contributed by atoms with Gasteiger partial charge < -0.3 is 27.0 Å². The van der Waals surface area contributed by atoms with Crippen LogP contribution in [0, 0.1) is 22.7 Å². The van der Waals surface area contributed by atoms with E-state index >= 15 is 0 Å². The van der Waals surface area contributed by atoms with Gasteiger partial charge in [0.2, 0.25) is 0 Å². The lowest BCUT2D eigenvalue weighted by atomic mass is 10.0. The Morgan fingerprint density at radius 2 is 0.618 bits per heavy atom. The van der Waals surface area contributed by atoms with E-state index in [2.05, 4.69) is 226 Å². The molecule has 1 aliphatic rings. The van der Waals surface area contributed by atoms with Crippen molar-refractivity contribution >= 4 is 148 Å². The Kier molecular flexibility index (Phi) is 10.2. The molecule has 19 rings (SSSR count). The van der Waals surface area contributed by atoms with Crippen molar-refractivity contribution in [1.82, 2.24) is 13.7 Å². The molecule has 1 aliphatic carbocycles. The van der Waals surface area contributed by atoms with Gasteiger partial charge in [0.25, 0.3) is 0 Å². The van der Waals surface area contributed by atoms with Crippen molar-refractivity contribution in [2.45, 2.75) is 6.42 Å². The second kappa shape index (κ2) is 18.6. The molecular formula is C81H45N5O3. The summed E-state index contributed by atoms with van der Waals surface area (Å²) in [7, 11) is 0. The minimum Gasteiger partial charge on any atom is -0.456 e. The third kappa shape index (κ3) is 7.14. The van der Waals surface area contributed by atoms with Crippen LogP contribution in [0.4, 0.5) is 0 Å². The van der Waals surface area contributed by atoms with E-state index in [4.69, 9.17) is 13.3 Å². The largest absolute Gasteiger partial charge is 0.456 e. The van der Waals surface area contributed by atoms with E-state index < -0.39 is 0 Å². The third-order valence-electron chi connectivity index (χ3n) is 18.5. The van der Waals surface area contributed by atoms with Gasteiger partial charge in [-0.1, -0.05) is 164 Å². The Morgan fingerprint density at radius 3 is 1.01 bits per heavy atom. The fourth-order valence-corrected chi connectivity index (χ4v) is 14.5. The van der Waals surface area contributed by atoms with Gasteiger partial charge in [0.05, 0.1) is 61.8 Å². The lowest BCUT2D eigenvalue weighted by molar-refractivity contribution is 0.669. The predicted octanol–water partition coefficient (Wildman–Crippen LogP) is 21.8. The molecule has 0 amide bonds. The second-order valence-electron chi connectivity index (χ2n) is 23.3. The molecule has 0 saturated carbocycles. The average Bonchev–Trinajstić information content (AvgIpc) is 2.22. The van der Waals surface area contributed by atoms with Crippen LogP contribution in [0.15, 0.2) is 285 Å². The monoisotopic (exact) mass is 1140 g/mol. The van der Waals surface area contributed by atoms with Gasteiger partial charge in [-0.2, -0.15) is 10.5 Å². The number of hydrogen-bond acceptors (Lipinski definition) is 5. The topological polar surface area (TPSA) is 102 Å². The number of nitrogens with zero attached hydrogens (tertiary/aromatic N) is 5. The number of furan rings is 3. The maximum absolute atomic E-state index is 12.3. The van der Waals surface area contributed by atoms with Crippen LogP contribution in [-0.2, 0) is 0 Å². The highest BCUT2D eigenvalue weighted by molar-refractivity contribution is 6.26. The first kappa shape index (κ1) is 49.0. The molecule has 89 heavy (non-hydrogen) atoms. The summed E-state index contributed by atoms with van der Waals surface area (Å²) in [5.41, 5.74) is 19.0. The summed E-state index contributed by atoms with van der Waals surface area (Å²) in [4.78, 5) is 0. The highest BCUT2D eigenvalue weighted by Crippen LogP contribution is 2.51. The molecule has 0 N–H and O–H groups in total. The maximum Gasteiger partial charge on any atom is 0.137 e. The number of rotatable bonds is 6. The van der Waals surface area contributed by atoms with Gasteiger partial charge in [0, 0.05) is 94.8 Å². The predicted molar refractivity (Wildman–Crippen MR) is 363 cm³/mol. The third-order valence-corrected chi connectivity index (χ3v) is 18.5. The summed E-state index contributed by atoms with van der Waals surface area (Å²) in [6.07, 6.45) is 1.95. The number of aromatic nitrogens is 3. The zero-order chi connectivity index (χ0) is 58.6. The minimum absolute atomic E-state index is 0.136. The van der Waals surface area contributed by atoms with Crippen molar-refractivity contribution in [1.29, 1.82) is 10.5 Å². The second-order valence-corrected chi connectivity index (χ2v) is 23.3. The molecule has 0 saturated heterocycles. The first-order valence-corrected chi connectivity index (χ1v) is 29.9. The summed E-state index contributed by atoms with van der Waals surface area (Å²) < 4.78 is 27.5. The Bertz CT molecular complexity index is 6320. The Hall–Kier alpha value is -12.4. The molecule has 0 radical (unpaired) electrons. The Labute approximate surface area is 507 Å². The van der Waals surface area contributed by atoms with Crippen LogP contribution in [0.3, 0.4) is 0 Å². The molecule has 0 atom stereocenters. The van der Waals surface area contributed by atoms with Crippen LogP contribution in [-0.4, -0.2) is 13.7 Å². The number of nitriles is 2. The smallest absolute Gasteiger partial charge is 0.137 e. The molecule has 0 spiro atoms. The first-order valence-electron chi connectivity index (χ1n) is 29.9. The summed E-state index contributed by atoms with van der Waals surface area (Å²) in [5.74, 6) is 0. The molecule has 6 aromatic heterocycles. The van der Waals surface area contributed by atoms with Crippen LogP contribution in [0.1, 0.15) is 6.42 Å². The number of para-hydroxylation sites is 3. The summed E-state index contributed by atoms with van der Waals surface area (Å²) >= 11 is 0. The van der Waals surface area contributed by atoms with E-state index in [1.165, 1.54) is 0 Å². The molecule has 18 aromatic rings. The van der Waals surface area contributed by atoms with Crippen molar-refractivity contribution in [3.63, 3.8) is 0 Å². The van der Waals surface area contributed by atoms with Crippen molar-refractivity contribution in [3.8, 4) is 45.5 Å². The van der Waals surface area contributed by atoms with Crippen LogP contribution < -0.4 is 0 Å². The maximum atomic E-state index is 12.3. The number of allylic oxidation sites excluding steroid dienone is 6. The van der Waals surface area contributed by atoms with Crippen LogP contribution in [0.25, 0.3) is 182 Å². The Morgan fingerprint density at radius 1 is 0.270 bits per heavy atom. The van der Waals surface area contributed by atoms with Crippen LogP contribution >= 0.6 is 0 Å². The van der Waals surface area contributed by atoms with Gasteiger partial charge in [-0.15, -0.1) is 0 Å². The summed E-state index contributed by atoms with van der Waals surface area (Å²) in [6.45, 7) is 0. The molecule has 0 aliphatic heterocycles. The van der Waals surface area contributed by atoms with E-state index in [-0.39, 0.29) is 6.42 Å². The van der Waals surface area contributed by atoms with Crippen LogP contribution in [0.5, 0.6) is 0 Å². The summed E-state index contributed by atoms with van der Waals surface area (Å²) in [5, 5.41) is 36.0. The number of benzene rings is 12. The standard InChI is InChI=1S/C81H45N5O3/c82-45-47-34-54(46-83)80(85-68-32-29-52(49-18-6-2-7-19-49)37-59(68)62-40-65-56-23-11-14-26-75(56)88-78(65)43-71(62)85)81(86-69-33-30-53(50-20-8-3-9-21-50)38-60(69)63-41-66-57-24-12-15-27-76(57)89-79(66)44-72(63)86)73(35-47)84-67-31-28-51(48-16-4-1-5-17-48)36-58(67)61-39-64-55-22-10-13-25-74(55)87-77(64)42-70(61)84/h1-34,36-44H,35H2. The Balaban J connectivity index is 1.04. The number of hydrogen-bond donors (Lipinski definition) is 0. The molecular weight excluding hydrogens is 1090 g/mol. The molecule has 0 unspecified atom stereocenters. The van der Waals surface area contributed by atoms with Gasteiger partial charge in [-0.25, -0.2) is 0 Å². The highest BCUT2D eigenvalue weighted by atomic mass is 16.3. The van der Waals surface area contributed by atoms with Crippen molar-refractivity contribution in [2.75, 3.05) is 0 Å². The van der Waals surface area contributed by atoms with Crippen molar-refractivity contribution in [3.05, 3.63) is 272 Å². The van der Waals surface area contributed by atoms with Gasteiger partial charge in [0.1, 0.15) is 39.6 Å². The first-order chi connectivity index (χ1) is 44.0. The van der Waals surface area contributed by atoms with Gasteiger partial charge in [-0.3, -0.25) is 0 Å². The van der Waals surface area contributed by atoms with Gasteiger partial charge in [0.15, 0.2) is 0 Å². The normalized spacial score (nSPS) is 13.3. The summed E-state index contributed by atoms with van der Waals surface area (Å²) in [6, 6.07) is 94.9. The molecule has 8 heteroatoms. The molecule has 0 fully saturated rings. The fourth-order valence-electron chi connectivity index (χ4n) is 14.5. The highest BCUT2D eigenvalue weighted by Gasteiger charge is 2.33. The van der Waals surface area contributed by atoms with Crippen molar-refractivity contribution in [2.24, 2.45) is 0 Å². The zero-order valence-electron chi connectivity index (χ0n) is 47.5. The van der Waals surface area contributed by atoms with E-state index in [0.717, 1.165) is 165 Å². The van der Waals surface area contributed by atoms with E-state index in [9.17, 15) is 10.5 Å². The average molecular weight is 1140 g/mol. The molecule has 0 bridgehead atoms. The van der Waals surface area contributed by atoms with Crippen LogP contribution in [0.2, 0.25) is 0 Å². The van der Waals surface area contributed by atoms with Gasteiger partial charge in [-0.05, 0) is 112 Å². The SMILES string of the molecule is N#CC1=CC(C#N)=C(n2c3ccc(-c4ccccc4)cc3c3cc4c(cc32)oc2ccccc24)C(n2c3ccc(-c4ccccc4)cc3c3cc4c(cc32)oc2ccccc24)=C(n2c3ccc(-c4ccccc4)cc3c3cc4c(cc32)oc2ccccc24)C1. The molecule has 412 valence electrons. The lowest BCUT2D eigenvalue weighted by Gasteiger charge is -2.24. The fraction of sp³-hybridized carbons (Fsp3) is 0.0123. The quantitative estimate of drug-likeness (QED) is 0.165. The molecule has 12 aromatic carbocycles. The van der Waals surface area contributed by atoms with Gasteiger partial charge >= 0.3 is 0 Å². The van der Waals surface area contributed by atoms with Crippen molar-refractivity contribution < 1.29 is 13.3 Å². The zero-order valence-corrected chi connectivity index (χ0v) is 47.5. The van der Waals surface area contributed by atoms with E-state index in [1.807, 2.05) is 60.7 Å². The number of fused-ring (bicyclic) bond motifs is 18. The molecule has 6 heterocycles. The molecule has 8 nitrogen and oxygen atoms in total. The van der Waals surface area contributed by atoms with E-state index in [1.54, 1.807) is 0 Å².